The van der Waals surface area contributed by atoms with E-state index in [0.29, 0.717) is 0 Å². The minimum atomic E-state index is -0.323. The van der Waals surface area contributed by atoms with Crippen LogP contribution in [0.25, 0.3) is 0 Å². The number of nitrogens with zero attached hydrogens (tertiary/aromatic N) is 1. The summed E-state index contributed by atoms with van der Waals surface area (Å²) in [5.74, 6) is 0. The predicted molar refractivity (Wildman–Crippen MR) is 56.9 cm³/mol. The lowest BCUT2D eigenvalue weighted by Crippen LogP contribution is -2.62. The molecule has 3 rings (SSSR count). The number of amides is 1. The lowest BCUT2D eigenvalue weighted by atomic mass is 9.87. The summed E-state index contributed by atoms with van der Waals surface area (Å²) < 4.78 is 5.46. The van der Waals surface area contributed by atoms with Crippen molar-refractivity contribution in [2.45, 2.75) is 11.6 Å². The van der Waals surface area contributed by atoms with E-state index in [0.717, 1.165) is 13.1 Å². The highest BCUT2D eigenvalue weighted by Gasteiger charge is 2.57. The summed E-state index contributed by atoms with van der Waals surface area (Å²) in [4.78, 5) is 14.5. The summed E-state index contributed by atoms with van der Waals surface area (Å²) in [6, 6.07) is 4.15. The lowest BCUT2D eigenvalue weighted by molar-refractivity contribution is -0.0102. The van der Waals surface area contributed by atoms with Crippen LogP contribution in [0.1, 0.15) is 10.9 Å². The Morgan fingerprint density at radius 1 is 1.67 bits per heavy atom. The molecule has 2 aliphatic rings. The number of ether oxygens (including phenoxy) is 1. The van der Waals surface area contributed by atoms with Crippen LogP contribution in [-0.4, -0.2) is 36.7 Å². The third-order valence-electron chi connectivity index (χ3n) is 3.13. The van der Waals surface area contributed by atoms with E-state index in [1.807, 2.05) is 11.4 Å². The number of carbonyl (C=O) groups excluding carboxylic acids is 1. The van der Waals surface area contributed by atoms with Gasteiger partial charge in [0.1, 0.15) is 6.04 Å². The van der Waals surface area contributed by atoms with Gasteiger partial charge in [-0.2, -0.15) is 0 Å². The Morgan fingerprint density at radius 3 is 3.00 bits per heavy atom. The van der Waals surface area contributed by atoms with Crippen molar-refractivity contribution >= 4 is 17.4 Å². The lowest BCUT2D eigenvalue weighted by Gasteiger charge is -2.41. The van der Waals surface area contributed by atoms with Crippen LogP contribution < -0.4 is 5.32 Å². The van der Waals surface area contributed by atoms with Gasteiger partial charge in [-0.1, -0.05) is 6.07 Å². The first-order valence-corrected chi connectivity index (χ1v) is 5.81. The molecule has 4 nitrogen and oxygen atoms in total. The first-order chi connectivity index (χ1) is 7.23. The molecule has 0 unspecified atom stereocenters. The van der Waals surface area contributed by atoms with Gasteiger partial charge in [0, 0.05) is 25.0 Å². The Hall–Kier alpha value is -1.07. The van der Waals surface area contributed by atoms with Gasteiger partial charge in [0.2, 0.25) is 0 Å². The second-order valence-electron chi connectivity index (χ2n) is 4.07. The van der Waals surface area contributed by atoms with Gasteiger partial charge >= 0.3 is 6.09 Å². The van der Waals surface area contributed by atoms with Crippen LogP contribution in [0.15, 0.2) is 17.5 Å². The maximum absolute atomic E-state index is 11.6. The van der Waals surface area contributed by atoms with Crippen molar-refractivity contribution in [2.24, 2.45) is 0 Å². The van der Waals surface area contributed by atoms with Crippen LogP contribution in [-0.2, 0) is 4.74 Å². The monoisotopic (exact) mass is 224 g/mol. The van der Waals surface area contributed by atoms with Gasteiger partial charge in [-0.3, -0.25) is 4.90 Å². The van der Waals surface area contributed by atoms with Crippen molar-refractivity contribution in [3.05, 3.63) is 22.4 Å². The molecule has 2 saturated heterocycles. The number of hydrogen-bond donors (Lipinski definition) is 1. The minimum Gasteiger partial charge on any atom is -0.437 e. The SMILES string of the molecule is CN1C(=O)OC2(CNC2)[C@H]1c1cccs1. The first kappa shape index (κ1) is 9.18. The third-order valence-corrected chi connectivity index (χ3v) is 4.05. The molecule has 3 heterocycles. The molecule has 0 saturated carbocycles. The van der Waals surface area contributed by atoms with E-state index in [1.54, 1.807) is 23.3 Å². The van der Waals surface area contributed by atoms with Crippen LogP contribution in [0.5, 0.6) is 0 Å². The topological polar surface area (TPSA) is 41.6 Å². The van der Waals surface area contributed by atoms with Gasteiger partial charge < -0.3 is 10.1 Å². The summed E-state index contributed by atoms with van der Waals surface area (Å²) in [6.45, 7) is 1.51. The largest absolute Gasteiger partial charge is 0.437 e. The number of likely N-dealkylation sites (N-methyl/N-ethyl adjacent to an activating group) is 1. The summed E-state index contributed by atoms with van der Waals surface area (Å²) in [5, 5.41) is 5.21. The van der Waals surface area contributed by atoms with Crippen molar-refractivity contribution in [3.63, 3.8) is 0 Å². The minimum absolute atomic E-state index is 0.0752. The molecular formula is C10H12N2O2S. The van der Waals surface area contributed by atoms with Gasteiger partial charge in [-0.25, -0.2) is 4.79 Å². The molecule has 15 heavy (non-hydrogen) atoms. The predicted octanol–water partition coefficient (Wildman–Crippen LogP) is 1.21. The fraction of sp³-hybridized carbons (Fsp3) is 0.500. The highest BCUT2D eigenvalue weighted by molar-refractivity contribution is 7.10. The summed E-state index contributed by atoms with van der Waals surface area (Å²) in [7, 11) is 1.81. The smallest absolute Gasteiger partial charge is 0.410 e. The molecule has 0 aliphatic carbocycles. The summed E-state index contributed by atoms with van der Waals surface area (Å²) in [5.41, 5.74) is -0.323. The second kappa shape index (κ2) is 2.96. The molecule has 2 fully saturated rings. The maximum Gasteiger partial charge on any atom is 0.410 e. The van der Waals surface area contributed by atoms with Crippen LogP contribution in [0.4, 0.5) is 4.79 Å². The molecule has 5 heteroatoms. The molecule has 0 aromatic carbocycles. The molecule has 0 bridgehead atoms. The summed E-state index contributed by atoms with van der Waals surface area (Å²) >= 11 is 1.68. The molecule has 1 spiro atoms. The van der Waals surface area contributed by atoms with Crippen molar-refractivity contribution in [3.8, 4) is 0 Å². The van der Waals surface area contributed by atoms with Gasteiger partial charge in [0.25, 0.3) is 0 Å². The summed E-state index contributed by atoms with van der Waals surface area (Å²) in [6.07, 6.45) is -0.213. The third kappa shape index (κ3) is 1.13. The molecule has 1 aromatic heterocycles. The molecule has 1 N–H and O–H groups in total. The van der Waals surface area contributed by atoms with Crippen LogP contribution >= 0.6 is 11.3 Å². The van der Waals surface area contributed by atoms with Crippen molar-refractivity contribution in [1.29, 1.82) is 0 Å². The quantitative estimate of drug-likeness (QED) is 0.779. The number of nitrogens with one attached hydrogen (secondary N) is 1. The van der Waals surface area contributed by atoms with E-state index in [1.165, 1.54) is 4.88 Å². The van der Waals surface area contributed by atoms with E-state index < -0.39 is 0 Å². The Kier molecular flexibility index (Phi) is 1.81. The Balaban J connectivity index is 2.00. The maximum atomic E-state index is 11.6. The van der Waals surface area contributed by atoms with Crippen LogP contribution in [0.2, 0.25) is 0 Å². The van der Waals surface area contributed by atoms with Crippen molar-refractivity contribution in [1.82, 2.24) is 10.2 Å². The Labute approximate surface area is 91.8 Å². The van der Waals surface area contributed by atoms with Crippen molar-refractivity contribution < 1.29 is 9.53 Å². The standard InChI is InChI=1S/C10H12N2O2S/c1-12-8(7-3-2-4-15-7)10(5-11-6-10)14-9(12)13/h2-4,8,11H,5-6H2,1H3/t8-/m1/s1. The van der Waals surface area contributed by atoms with E-state index in [2.05, 4.69) is 11.4 Å². The normalized spacial score (nSPS) is 27.9. The molecule has 80 valence electrons. The average Bonchev–Trinajstić information content (AvgIpc) is 2.72. The molecule has 1 amide bonds. The van der Waals surface area contributed by atoms with E-state index in [4.69, 9.17) is 4.74 Å². The Bertz CT molecular complexity index is 386. The van der Waals surface area contributed by atoms with E-state index in [9.17, 15) is 4.79 Å². The Morgan fingerprint density at radius 2 is 2.47 bits per heavy atom. The van der Waals surface area contributed by atoms with E-state index in [-0.39, 0.29) is 17.7 Å². The molecular weight excluding hydrogens is 212 g/mol. The molecule has 2 aliphatic heterocycles. The highest BCUT2D eigenvalue weighted by Crippen LogP contribution is 2.44. The van der Waals surface area contributed by atoms with Gasteiger partial charge in [-0.15, -0.1) is 11.3 Å². The average molecular weight is 224 g/mol. The zero-order valence-corrected chi connectivity index (χ0v) is 9.21. The molecule has 1 atom stereocenters. The zero-order chi connectivity index (χ0) is 10.5. The second-order valence-corrected chi connectivity index (χ2v) is 5.04. The first-order valence-electron chi connectivity index (χ1n) is 4.93. The van der Waals surface area contributed by atoms with Gasteiger partial charge in [0.15, 0.2) is 5.60 Å². The number of rotatable bonds is 1. The van der Waals surface area contributed by atoms with Crippen LogP contribution in [0, 0.1) is 0 Å². The number of thiophene rings is 1. The fourth-order valence-electron chi connectivity index (χ4n) is 2.29. The zero-order valence-electron chi connectivity index (χ0n) is 8.40. The van der Waals surface area contributed by atoms with E-state index >= 15 is 0 Å². The van der Waals surface area contributed by atoms with Gasteiger partial charge in [0.05, 0.1) is 0 Å². The number of hydrogen-bond acceptors (Lipinski definition) is 4. The fourth-order valence-corrected chi connectivity index (χ4v) is 3.27. The van der Waals surface area contributed by atoms with Crippen LogP contribution in [0.3, 0.4) is 0 Å². The molecule has 1 aromatic rings. The number of carbonyl (C=O) groups is 1. The van der Waals surface area contributed by atoms with Gasteiger partial charge in [-0.05, 0) is 11.4 Å². The molecule has 0 radical (unpaired) electrons. The van der Waals surface area contributed by atoms with Crippen molar-refractivity contribution in [2.75, 3.05) is 20.1 Å². The highest BCUT2D eigenvalue weighted by atomic mass is 32.1.